The van der Waals surface area contributed by atoms with E-state index in [0.717, 1.165) is 5.56 Å². The SMILES string of the molecule is Cc1ccc(OCC(=O)N[C@H](C(=O)N[C@@H](CC(C)C)B(O)O)[C@@H](C)O)cc1. The molecular formula is C18H29BN2O6. The first-order valence-corrected chi connectivity index (χ1v) is 8.93. The number of nitrogens with one attached hydrogen (secondary N) is 2. The molecule has 9 heteroatoms. The van der Waals surface area contributed by atoms with Gasteiger partial charge in [-0.3, -0.25) is 9.59 Å². The topological polar surface area (TPSA) is 128 Å². The molecule has 1 rings (SSSR count). The zero-order chi connectivity index (χ0) is 20.6. The summed E-state index contributed by atoms with van der Waals surface area (Å²) in [6.45, 7) is 6.71. The molecule has 0 unspecified atom stereocenters. The zero-order valence-corrected chi connectivity index (χ0v) is 16.2. The quantitative estimate of drug-likeness (QED) is 0.357. The minimum atomic E-state index is -1.74. The Hall–Kier alpha value is -2.10. The second-order valence-electron chi connectivity index (χ2n) is 7.05. The van der Waals surface area contributed by atoms with Gasteiger partial charge in [-0.1, -0.05) is 31.5 Å². The minimum Gasteiger partial charge on any atom is -0.484 e. The van der Waals surface area contributed by atoms with Gasteiger partial charge in [0, 0.05) is 0 Å². The molecule has 2 amide bonds. The van der Waals surface area contributed by atoms with Crippen LogP contribution in [0.4, 0.5) is 0 Å². The van der Waals surface area contributed by atoms with Crippen molar-refractivity contribution < 1.29 is 29.5 Å². The lowest BCUT2D eigenvalue weighted by Gasteiger charge is -2.25. The number of benzene rings is 1. The van der Waals surface area contributed by atoms with Gasteiger partial charge in [0.25, 0.3) is 5.91 Å². The van der Waals surface area contributed by atoms with Crippen LogP contribution in [0.3, 0.4) is 0 Å². The average Bonchev–Trinajstić information content (AvgIpc) is 2.57. The molecule has 0 aliphatic rings. The van der Waals surface area contributed by atoms with Gasteiger partial charge in [-0.25, -0.2) is 0 Å². The van der Waals surface area contributed by atoms with Crippen LogP contribution in [0, 0.1) is 12.8 Å². The number of carbonyl (C=O) groups excluding carboxylic acids is 2. The van der Waals surface area contributed by atoms with Crippen molar-refractivity contribution in [1.82, 2.24) is 10.6 Å². The molecule has 8 nitrogen and oxygen atoms in total. The first-order chi connectivity index (χ1) is 12.6. The predicted molar refractivity (Wildman–Crippen MR) is 102 cm³/mol. The van der Waals surface area contributed by atoms with Crippen LogP contribution < -0.4 is 15.4 Å². The van der Waals surface area contributed by atoms with E-state index in [1.54, 1.807) is 12.1 Å². The number of carbonyl (C=O) groups is 2. The van der Waals surface area contributed by atoms with Crippen molar-refractivity contribution in [3.05, 3.63) is 29.8 Å². The number of aliphatic hydroxyl groups excluding tert-OH is 1. The highest BCUT2D eigenvalue weighted by molar-refractivity contribution is 6.43. The van der Waals surface area contributed by atoms with Crippen molar-refractivity contribution in [1.29, 1.82) is 0 Å². The molecule has 1 aromatic rings. The van der Waals surface area contributed by atoms with Gasteiger partial charge in [-0.2, -0.15) is 0 Å². The van der Waals surface area contributed by atoms with Gasteiger partial charge in [0.15, 0.2) is 6.61 Å². The summed E-state index contributed by atoms with van der Waals surface area (Å²) in [6.07, 6.45) is -0.843. The molecule has 0 heterocycles. The highest BCUT2D eigenvalue weighted by Gasteiger charge is 2.31. The number of rotatable bonds is 10. The predicted octanol–water partition coefficient (Wildman–Crippen LogP) is -0.218. The van der Waals surface area contributed by atoms with E-state index in [2.05, 4.69) is 10.6 Å². The lowest BCUT2D eigenvalue weighted by molar-refractivity contribution is -0.132. The standard InChI is InChI=1S/C18H29BN2O6/c1-11(2)9-15(19(25)26)20-18(24)17(13(4)22)21-16(23)10-27-14-7-5-12(3)6-8-14/h5-8,11,13,15,17,22,25-26H,9-10H2,1-4H3,(H,20,24)(H,21,23)/t13-,15+,17+/m1/s1. The Morgan fingerprint density at radius 2 is 1.70 bits per heavy atom. The normalized spacial score (nSPS) is 14.2. The number of aliphatic hydroxyl groups is 1. The van der Waals surface area contributed by atoms with Crippen LogP contribution in [-0.4, -0.2) is 58.8 Å². The van der Waals surface area contributed by atoms with E-state index >= 15 is 0 Å². The zero-order valence-electron chi connectivity index (χ0n) is 16.2. The van der Waals surface area contributed by atoms with Crippen molar-refractivity contribution in [3.8, 4) is 5.75 Å². The first kappa shape index (κ1) is 22.9. The molecule has 0 bridgehead atoms. The molecule has 1 aromatic carbocycles. The fraction of sp³-hybridized carbons (Fsp3) is 0.556. The molecule has 3 atom stereocenters. The molecule has 0 aliphatic carbocycles. The summed E-state index contributed by atoms with van der Waals surface area (Å²) in [5.41, 5.74) is 1.06. The Morgan fingerprint density at radius 3 is 2.19 bits per heavy atom. The third kappa shape index (κ3) is 8.42. The third-order valence-electron chi connectivity index (χ3n) is 3.89. The summed E-state index contributed by atoms with van der Waals surface area (Å²) in [5.74, 6) is -1.57. The maximum atomic E-state index is 12.4. The Morgan fingerprint density at radius 1 is 1.11 bits per heavy atom. The van der Waals surface area contributed by atoms with Crippen molar-refractivity contribution in [3.63, 3.8) is 0 Å². The summed E-state index contributed by atoms with van der Waals surface area (Å²) < 4.78 is 5.35. The summed E-state index contributed by atoms with van der Waals surface area (Å²) in [7, 11) is -1.74. The van der Waals surface area contributed by atoms with Crippen LogP contribution in [0.5, 0.6) is 5.75 Å². The second-order valence-corrected chi connectivity index (χ2v) is 7.05. The van der Waals surface area contributed by atoms with Gasteiger partial charge >= 0.3 is 7.12 Å². The molecule has 0 saturated heterocycles. The summed E-state index contributed by atoms with van der Waals surface area (Å²) >= 11 is 0. The number of ether oxygens (including phenoxy) is 1. The maximum Gasteiger partial charge on any atom is 0.475 e. The second kappa shape index (κ2) is 10.9. The molecule has 0 spiro atoms. The van der Waals surface area contributed by atoms with E-state index < -0.39 is 37.0 Å². The van der Waals surface area contributed by atoms with E-state index in [1.807, 2.05) is 32.9 Å². The van der Waals surface area contributed by atoms with Crippen LogP contribution >= 0.6 is 0 Å². The molecular weight excluding hydrogens is 351 g/mol. The number of hydrogen-bond donors (Lipinski definition) is 5. The molecule has 0 saturated carbocycles. The Kier molecular flexibility index (Phi) is 9.27. The Balaban J connectivity index is 2.64. The smallest absolute Gasteiger partial charge is 0.475 e. The van der Waals surface area contributed by atoms with Crippen molar-refractivity contribution in [2.24, 2.45) is 5.92 Å². The van der Waals surface area contributed by atoms with Gasteiger partial charge in [-0.05, 0) is 38.3 Å². The molecule has 27 heavy (non-hydrogen) atoms. The summed E-state index contributed by atoms with van der Waals surface area (Å²) in [4.78, 5) is 24.5. The molecule has 150 valence electrons. The monoisotopic (exact) mass is 380 g/mol. The average molecular weight is 380 g/mol. The lowest BCUT2D eigenvalue weighted by Crippen LogP contribution is -2.58. The lowest BCUT2D eigenvalue weighted by atomic mass is 9.75. The largest absolute Gasteiger partial charge is 0.484 e. The fourth-order valence-electron chi connectivity index (χ4n) is 2.44. The van der Waals surface area contributed by atoms with Crippen LogP contribution in [-0.2, 0) is 9.59 Å². The van der Waals surface area contributed by atoms with E-state index in [-0.39, 0.29) is 12.5 Å². The van der Waals surface area contributed by atoms with Gasteiger partial charge in [0.2, 0.25) is 5.91 Å². The van der Waals surface area contributed by atoms with Crippen LogP contribution in [0.1, 0.15) is 32.8 Å². The summed E-state index contributed by atoms with van der Waals surface area (Å²) in [6, 6.07) is 5.89. The van der Waals surface area contributed by atoms with Crippen LogP contribution in [0.15, 0.2) is 24.3 Å². The van der Waals surface area contributed by atoms with E-state index in [9.17, 15) is 24.7 Å². The molecule has 0 aromatic heterocycles. The van der Waals surface area contributed by atoms with E-state index in [0.29, 0.717) is 12.2 Å². The van der Waals surface area contributed by atoms with Gasteiger partial charge < -0.3 is 30.5 Å². The highest BCUT2D eigenvalue weighted by Crippen LogP contribution is 2.11. The number of aryl methyl sites for hydroxylation is 1. The van der Waals surface area contributed by atoms with Crippen LogP contribution in [0.2, 0.25) is 0 Å². The maximum absolute atomic E-state index is 12.4. The van der Waals surface area contributed by atoms with Crippen molar-refractivity contribution in [2.75, 3.05) is 6.61 Å². The molecule has 5 N–H and O–H groups in total. The van der Waals surface area contributed by atoms with Crippen molar-refractivity contribution >= 4 is 18.9 Å². The van der Waals surface area contributed by atoms with Crippen LogP contribution in [0.25, 0.3) is 0 Å². The first-order valence-electron chi connectivity index (χ1n) is 8.93. The number of hydrogen-bond acceptors (Lipinski definition) is 6. The van der Waals surface area contributed by atoms with Gasteiger partial charge in [0.05, 0.1) is 12.0 Å². The molecule has 0 aliphatic heterocycles. The Labute approximate surface area is 160 Å². The van der Waals surface area contributed by atoms with Gasteiger partial charge in [-0.15, -0.1) is 0 Å². The highest BCUT2D eigenvalue weighted by atomic mass is 16.5. The van der Waals surface area contributed by atoms with Gasteiger partial charge in [0.1, 0.15) is 11.8 Å². The van der Waals surface area contributed by atoms with Crippen molar-refractivity contribution in [2.45, 2.75) is 52.2 Å². The van der Waals surface area contributed by atoms with E-state index in [4.69, 9.17) is 4.74 Å². The third-order valence-corrected chi connectivity index (χ3v) is 3.89. The summed E-state index contributed by atoms with van der Waals surface area (Å²) in [5, 5.41) is 33.5. The Bertz CT molecular complexity index is 606. The molecule has 0 radical (unpaired) electrons. The minimum absolute atomic E-state index is 0.111. The number of amides is 2. The fourth-order valence-corrected chi connectivity index (χ4v) is 2.44. The molecule has 0 fully saturated rings. The van der Waals surface area contributed by atoms with E-state index in [1.165, 1.54) is 6.92 Å².